The number of rotatable bonds is 9. The zero-order chi connectivity index (χ0) is 22.1. The average Bonchev–Trinajstić information content (AvgIpc) is 2.73. The Bertz CT molecular complexity index is 923. The van der Waals surface area contributed by atoms with E-state index in [2.05, 4.69) is 10.6 Å². The molecule has 30 heavy (non-hydrogen) atoms. The Morgan fingerprint density at radius 1 is 1.00 bits per heavy atom. The van der Waals surface area contributed by atoms with Gasteiger partial charge >= 0.3 is 5.97 Å². The zero-order valence-corrected chi connectivity index (χ0v) is 17.1. The number of carbonyl (C=O) groups excluding carboxylic acids is 4. The molecule has 8 heteroatoms. The molecule has 0 saturated carbocycles. The fourth-order valence-electron chi connectivity index (χ4n) is 2.48. The van der Waals surface area contributed by atoms with E-state index in [1.807, 2.05) is 6.92 Å². The molecule has 0 spiro atoms. The molecule has 0 aromatic heterocycles. The van der Waals surface area contributed by atoms with E-state index in [-0.39, 0.29) is 12.3 Å². The van der Waals surface area contributed by atoms with Gasteiger partial charge in [-0.3, -0.25) is 19.2 Å². The van der Waals surface area contributed by atoms with E-state index in [0.29, 0.717) is 29.2 Å². The van der Waals surface area contributed by atoms with Gasteiger partial charge in [-0.25, -0.2) is 0 Å². The van der Waals surface area contributed by atoms with Crippen molar-refractivity contribution in [1.29, 1.82) is 0 Å². The smallest absolute Gasteiger partial charge is 0.326 e. The lowest BCUT2D eigenvalue weighted by molar-refractivity contribution is -0.152. The number of hydrogen-bond acceptors (Lipinski definition) is 6. The van der Waals surface area contributed by atoms with Gasteiger partial charge in [-0.1, -0.05) is 12.1 Å². The largest absolute Gasteiger partial charge is 0.494 e. The van der Waals surface area contributed by atoms with Gasteiger partial charge < -0.3 is 20.1 Å². The van der Waals surface area contributed by atoms with Gasteiger partial charge in [0, 0.05) is 16.8 Å². The van der Waals surface area contributed by atoms with Crippen LogP contribution in [0.1, 0.15) is 41.5 Å². The molecule has 0 aliphatic heterocycles. The molecular weight excluding hydrogens is 388 g/mol. The molecule has 0 saturated heterocycles. The third kappa shape index (κ3) is 6.73. The molecule has 0 bridgehead atoms. The summed E-state index contributed by atoms with van der Waals surface area (Å²) in [5.74, 6) is -1.25. The van der Waals surface area contributed by atoms with E-state index >= 15 is 0 Å². The van der Waals surface area contributed by atoms with Crippen molar-refractivity contribution in [3.8, 4) is 5.75 Å². The highest BCUT2D eigenvalue weighted by molar-refractivity contribution is 5.99. The summed E-state index contributed by atoms with van der Waals surface area (Å²) in [7, 11) is 0. The van der Waals surface area contributed by atoms with Crippen molar-refractivity contribution in [2.24, 2.45) is 0 Å². The van der Waals surface area contributed by atoms with Crippen molar-refractivity contribution in [2.45, 2.75) is 26.9 Å². The first kappa shape index (κ1) is 22.6. The van der Waals surface area contributed by atoms with Crippen LogP contribution in [0.25, 0.3) is 0 Å². The molecule has 2 aromatic rings. The van der Waals surface area contributed by atoms with Crippen LogP contribution in [0.5, 0.6) is 5.75 Å². The maximum atomic E-state index is 12.2. The summed E-state index contributed by atoms with van der Waals surface area (Å²) in [4.78, 5) is 47.7. The molecule has 0 unspecified atom stereocenters. The van der Waals surface area contributed by atoms with Crippen LogP contribution in [-0.2, 0) is 14.3 Å². The summed E-state index contributed by atoms with van der Waals surface area (Å²) in [5.41, 5.74) is 1.23. The first-order chi connectivity index (χ1) is 14.3. The maximum absolute atomic E-state index is 12.2. The van der Waals surface area contributed by atoms with Crippen LogP contribution >= 0.6 is 0 Å². The molecular formula is C22H24N2O6. The molecule has 2 rings (SSSR count). The van der Waals surface area contributed by atoms with E-state index in [1.165, 1.54) is 19.9 Å². The van der Waals surface area contributed by atoms with Gasteiger partial charge in [0.05, 0.1) is 6.61 Å². The third-order valence-corrected chi connectivity index (χ3v) is 4.03. The number of ether oxygens (including phenoxy) is 2. The van der Waals surface area contributed by atoms with Crippen LogP contribution in [0.3, 0.4) is 0 Å². The highest BCUT2D eigenvalue weighted by Gasteiger charge is 2.19. The summed E-state index contributed by atoms with van der Waals surface area (Å²) < 4.78 is 10.4. The van der Waals surface area contributed by atoms with Crippen molar-refractivity contribution >= 4 is 29.3 Å². The Kier molecular flexibility index (Phi) is 8.10. The number of hydrogen-bond donors (Lipinski definition) is 2. The second kappa shape index (κ2) is 10.8. The lowest BCUT2D eigenvalue weighted by atomic mass is 10.1. The van der Waals surface area contributed by atoms with Gasteiger partial charge in [-0.05, 0) is 57.2 Å². The normalized spacial score (nSPS) is 11.2. The lowest BCUT2D eigenvalue weighted by Gasteiger charge is -2.14. The molecule has 158 valence electrons. The molecule has 1 atom stereocenters. The third-order valence-electron chi connectivity index (χ3n) is 4.03. The number of nitrogens with one attached hydrogen (secondary N) is 2. The highest BCUT2D eigenvalue weighted by Crippen LogP contribution is 2.13. The molecule has 0 heterocycles. The van der Waals surface area contributed by atoms with Crippen molar-refractivity contribution < 1.29 is 28.7 Å². The van der Waals surface area contributed by atoms with Crippen LogP contribution in [-0.4, -0.2) is 42.8 Å². The lowest BCUT2D eigenvalue weighted by Crippen LogP contribution is -2.35. The second-order valence-electron chi connectivity index (χ2n) is 6.40. The second-order valence-corrected chi connectivity index (χ2v) is 6.40. The number of carbonyl (C=O) groups is 4. The molecule has 2 N–H and O–H groups in total. The predicted molar refractivity (Wildman–Crippen MR) is 111 cm³/mol. The molecule has 8 nitrogen and oxygen atoms in total. The van der Waals surface area contributed by atoms with Crippen LogP contribution < -0.4 is 15.4 Å². The first-order valence-corrected chi connectivity index (χ1v) is 9.42. The maximum Gasteiger partial charge on any atom is 0.326 e. The summed E-state index contributed by atoms with van der Waals surface area (Å²) in [6.45, 7) is 4.83. The monoisotopic (exact) mass is 412 g/mol. The quantitative estimate of drug-likeness (QED) is 0.484. The predicted octanol–water partition coefficient (Wildman–Crippen LogP) is 2.59. The molecule has 0 radical (unpaired) electrons. The number of amides is 2. The van der Waals surface area contributed by atoms with Crippen molar-refractivity contribution in [3.63, 3.8) is 0 Å². The average molecular weight is 412 g/mol. The Labute approximate surface area is 174 Å². The van der Waals surface area contributed by atoms with Crippen molar-refractivity contribution in [2.75, 3.05) is 18.5 Å². The summed E-state index contributed by atoms with van der Waals surface area (Å²) >= 11 is 0. The van der Waals surface area contributed by atoms with Crippen molar-refractivity contribution in [3.05, 3.63) is 59.7 Å². The van der Waals surface area contributed by atoms with Gasteiger partial charge in [-0.15, -0.1) is 0 Å². The van der Waals surface area contributed by atoms with E-state index in [9.17, 15) is 19.2 Å². The van der Waals surface area contributed by atoms with Crippen LogP contribution in [0.2, 0.25) is 0 Å². The minimum atomic E-state index is -1.08. The first-order valence-electron chi connectivity index (χ1n) is 9.42. The highest BCUT2D eigenvalue weighted by atomic mass is 16.5. The summed E-state index contributed by atoms with van der Waals surface area (Å²) in [5, 5.41) is 5.02. The van der Waals surface area contributed by atoms with E-state index in [1.54, 1.807) is 42.5 Å². The number of Topliss-reactive ketones (excluding diaryl/α,β-unsaturated/α-hetero) is 1. The minimum absolute atomic E-state index is 0.131. The van der Waals surface area contributed by atoms with Gasteiger partial charge in [0.2, 0.25) is 0 Å². The Balaban J connectivity index is 1.82. The van der Waals surface area contributed by atoms with Gasteiger partial charge in [0.1, 0.15) is 12.3 Å². The Morgan fingerprint density at radius 3 is 2.33 bits per heavy atom. The van der Waals surface area contributed by atoms with Gasteiger partial charge in [-0.2, -0.15) is 0 Å². The fraction of sp³-hybridized carbons (Fsp3) is 0.273. The number of ketones is 1. The van der Waals surface area contributed by atoms with Crippen LogP contribution in [0.4, 0.5) is 5.69 Å². The molecule has 0 fully saturated rings. The Morgan fingerprint density at radius 2 is 1.70 bits per heavy atom. The topological polar surface area (TPSA) is 111 Å². The Hall–Kier alpha value is -3.68. The zero-order valence-electron chi connectivity index (χ0n) is 17.1. The summed E-state index contributed by atoms with van der Waals surface area (Å²) in [6, 6.07) is 12.9. The fourth-order valence-corrected chi connectivity index (χ4v) is 2.48. The molecule has 2 aromatic carbocycles. The van der Waals surface area contributed by atoms with Crippen LogP contribution in [0.15, 0.2) is 48.5 Å². The minimum Gasteiger partial charge on any atom is -0.494 e. The number of esters is 1. The van der Waals surface area contributed by atoms with Gasteiger partial charge in [0.15, 0.2) is 11.9 Å². The van der Waals surface area contributed by atoms with E-state index in [4.69, 9.17) is 9.47 Å². The van der Waals surface area contributed by atoms with Crippen molar-refractivity contribution in [1.82, 2.24) is 5.32 Å². The van der Waals surface area contributed by atoms with Gasteiger partial charge in [0.25, 0.3) is 11.8 Å². The molecule has 2 amide bonds. The molecule has 0 aliphatic carbocycles. The van der Waals surface area contributed by atoms with E-state index in [0.717, 1.165) is 0 Å². The standard InChI is InChI=1S/C22H24N2O6/c1-4-29-19-10-8-16(9-11-19)22(28)23-13-20(26)30-15(3)21(27)24-18-7-5-6-17(12-18)14(2)25/h5-12,15H,4,13H2,1-3H3,(H,23,28)(H,24,27)/t15-/m0/s1. The number of benzene rings is 2. The van der Waals surface area contributed by atoms with E-state index < -0.39 is 23.9 Å². The SMILES string of the molecule is CCOc1ccc(C(=O)NCC(=O)O[C@@H](C)C(=O)Nc2cccc(C(C)=O)c2)cc1. The number of anilines is 1. The van der Waals surface area contributed by atoms with Crippen LogP contribution in [0, 0.1) is 0 Å². The molecule has 0 aliphatic rings. The summed E-state index contributed by atoms with van der Waals surface area (Å²) in [6.07, 6.45) is -1.08.